The minimum absolute atomic E-state index is 0.187. The highest BCUT2D eigenvalue weighted by molar-refractivity contribution is 5.97. The third-order valence-electron chi connectivity index (χ3n) is 4.87. The van der Waals surface area contributed by atoms with Crippen molar-refractivity contribution < 1.29 is 19.1 Å². The van der Waals surface area contributed by atoms with Gasteiger partial charge in [0.2, 0.25) is 5.91 Å². The van der Waals surface area contributed by atoms with Gasteiger partial charge in [0.15, 0.2) is 0 Å². The highest BCUT2D eigenvalue weighted by Crippen LogP contribution is 2.23. The van der Waals surface area contributed by atoms with Crippen LogP contribution in [0.5, 0.6) is 11.5 Å². The zero-order valence-electron chi connectivity index (χ0n) is 17.8. The first-order chi connectivity index (χ1) is 15.0. The SMILES string of the molecule is COc1ccc(C[C@H](NC(=O)c2cccc(NC(C)=O)c2)c2ccc(OC)cc2)cc1. The highest BCUT2D eigenvalue weighted by Gasteiger charge is 2.17. The maximum absolute atomic E-state index is 13.0. The first-order valence-corrected chi connectivity index (χ1v) is 9.94. The van der Waals surface area contributed by atoms with E-state index in [4.69, 9.17) is 9.47 Å². The van der Waals surface area contributed by atoms with Crippen LogP contribution in [0.2, 0.25) is 0 Å². The summed E-state index contributed by atoms with van der Waals surface area (Å²) in [5.74, 6) is 1.12. The summed E-state index contributed by atoms with van der Waals surface area (Å²) in [5, 5.41) is 5.82. The van der Waals surface area contributed by atoms with Gasteiger partial charge in [-0.1, -0.05) is 30.3 Å². The number of rotatable bonds is 8. The molecule has 1 atom stereocenters. The minimum atomic E-state index is -0.253. The zero-order chi connectivity index (χ0) is 22.2. The molecule has 0 heterocycles. The summed E-state index contributed by atoms with van der Waals surface area (Å²) in [4.78, 5) is 24.3. The van der Waals surface area contributed by atoms with Crippen molar-refractivity contribution in [1.82, 2.24) is 5.32 Å². The molecule has 0 bridgehead atoms. The second-order valence-electron chi connectivity index (χ2n) is 7.11. The average Bonchev–Trinajstić information content (AvgIpc) is 2.79. The summed E-state index contributed by atoms with van der Waals surface area (Å²) in [6.45, 7) is 1.43. The molecule has 3 aromatic rings. The van der Waals surface area contributed by atoms with Crippen molar-refractivity contribution in [2.24, 2.45) is 0 Å². The molecule has 3 rings (SSSR count). The molecule has 6 heteroatoms. The molecule has 0 aliphatic heterocycles. The quantitative estimate of drug-likeness (QED) is 0.569. The van der Waals surface area contributed by atoms with Crippen LogP contribution in [0.25, 0.3) is 0 Å². The molecule has 160 valence electrons. The third-order valence-corrected chi connectivity index (χ3v) is 4.87. The lowest BCUT2D eigenvalue weighted by Gasteiger charge is -2.20. The molecular formula is C25H26N2O4. The predicted octanol–water partition coefficient (Wildman–Crippen LogP) is 4.38. The highest BCUT2D eigenvalue weighted by atomic mass is 16.5. The zero-order valence-corrected chi connectivity index (χ0v) is 17.8. The average molecular weight is 418 g/mol. The molecule has 0 aromatic heterocycles. The van der Waals surface area contributed by atoms with Crippen LogP contribution in [0.3, 0.4) is 0 Å². The Balaban J connectivity index is 1.84. The number of methoxy groups -OCH3 is 2. The molecule has 2 amide bonds. The van der Waals surface area contributed by atoms with Gasteiger partial charge in [-0.15, -0.1) is 0 Å². The summed E-state index contributed by atoms with van der Waals surface area (Å²) in [6, 6.07) is 22.0. The van der Waals surface area contributed by atoms with E-state index in [0.717, 1.165) is 22.6 Å². The van der Waals surface area contributed by atoms with Gasteiger partial charge in [0.05, 0.1) is 20.3 Å². The Labute approximate surface area is 182 Å². The first-order valence-electron chi connectivity index (χ1n) is 9.94. The fourth-order valence-electron chi connectivity index (χ4n) is 3.27. The normalized spacial score (nSPS) is 11.3. The van der Waals surface area contributed by atoms with E-state index in [9.17, 15) is 9.59 Å². The van der Waals surface area contributed by atoms with Gasteiger partial charge in [-0.25, -0.2) is 0 Å². The number of amides is 2. The van der Waals surface area contributed by atoms with Gasteiger partial charge in [0, 0.05) is 18.2 Å². The van der Waals surface area contributed by atoms with Crippen molar-refractivity contribution in [3.05, 3.63) is 89.5 Å². The van der Waals surface area contributed by atoms with E-state index >= 15 is 0 Å². The Kier molecular flexibility index (Phi) is 7.27. The van der Waals surface area contributed by atoms with Crippen LogP contribution in [0.1, 0.15) is 34.5 Å². The lowest BCUT2D eigenvalue weighted by Crippen LogP contribution is -2.30. The molecule has 0 aliphatic carbocycles. The predicted molar refractivity (Wildman–Crippen MR) is 121 cm³/mol. The molecule has 0 radical (unpaired) electrons. The van der Waals surface area contributed by atoms with Crippen molar-refractivity contribution in [2.45, 2.75) is 19.4 Å². The van der Waals surface area contributed by atoms with Crippen molar-refractivity contribution in [3.8, 4) is 11.5 Å². The largest absolute Gasteiger partial charge is 0.497 e. The van der Waals surface area contributed by atoms with Crippen LogP contribution in [-0.4, -0.2) is 26.0 Å². The van der Waals surface area contributed by atoms with E-state index in [-0.39, 0.29) is 17.9 Å². The Bertz CT molecular complexity index is 1030. The van der Waals surface area contributed by atoms with Crippen LogP contribution in [0.4, 0.5) is 5.69 Å². The second kappa shape index (κ2) is 10.3. The van der Waals surface area contributed by atoms with Crippen LogP contribution >= 0.6 is 0 Å². The number of benzene rings is 3. The number of carbonyl (C=O) groups is 2. The maximum Gasteiger partial charge on any atom is 0.251 e. The summed E-state index contributed by atoms with van der Waals surface area (Å²) in [6.07, 6.45) is 0.605. The summed E-state index contributed by atoms with van der Waals surface area (Å²) < 4.78 is 10.5. The van der Waals surface area contributed by atoms with Crippen LogP contribution in [-0.2, 0) is 11.2 Å². The summed E-state index contributed by atoms with van der Waals surface area (Å²) in [7, 11) is 3.25. The Morgan fingerprint density at radius 1 is 0.871 bits per heavy atom. The fraction of sp³-hybridized carbons (Fsp3) is 0.200. The minimum Gasteiger partial charge on any atom is -0.497 e. The summed E-state index contributed by atoms with van der Waals surface area (Å²) in [5.41, 5.74) is 3.08. The van der Waals surface area contributed by atoms with Gasteiger partial charge in [-0.3, -0.25) is 9.59 Å². The summed E-state index contributed by atoms with van der Waals surface area (Å²) >= 11 is 0. The molecule has 2 N–H and O–H groups in total. The maximum atomic E-state index is 13.0. The Hall–Kier alpha value is -3.80. The topological polar surface area (TPSA) is 76.7 Å². The smallest absolute Gasteiger partial charge is 0.251 e. The van der Waals surface area contributed by atoms with E-state index in [1.807, 2.05) is 48.5 Å². The van der Waals surface area contributed by atoms with Gasteiger partial charge in [0.1, 0.15) is 11.5 Å². The molecule has 31 heavy (non-hydrogen) atoms. The van der Waals surface area contributed by atoms with Gasteiger partial charge in [0.25, 0.3) is 5.91 Å². The Morgan fingerprint density at radius 2 is 1.48 bits per heavy atom. The number of anilines is 1. The first kappa shape index (κ1) is 21.9. The van der Waals surface area contributed by atoms with Gasteiger partial charge in [-0.2, -0.15) is 0 Å². The molecule has 6 nitrogen and oxygen atoms in total. The van der Waals surface area contributed by atoms with Crippen LogP contribution in [0, 0.1) is 0 Å². The van der Waals surface area contributed by atoms with Crippen molar-refractivity contribution in [3.63, 3.8) is 0 Å². The second-order valence-corrected chi connectivity index (χ2v) is 7.11. The monoisotopic (exact) mass is 418 g/mol. The molecule has 0 unspecified atom stereocenters. The van der Waals surface area contributed by atoms with Gasteiger partial charge < -0.3 is 20.1 Å². The van der Waals surface area contributed by atoms with Crippen molar-refractivity contribution >= 4 is 17.5 Å². The molecule has 0 aliphatic rings. The van der Waals surface area contributed by atoms with Crippen molar-refractivity contribution in [1.29, 1.82) is 0 Å². The Morgan fingerprint density at radius 3 is 2.06 bits per heavy atom. The van der Waals surface area contributed by atoms with E-state index in [1.165, 1.54) is 6.92 Å². The molecular weight excluding hydrogens is 392 g/mol. The van der Waals surface area contributed by atoms with E-state index < -0.39 is 0 Å². The number of carbonyl (C=O) groups excluding carboxylic acids is 2. The number of nitrogens with one attached hydrogen (secondary N) is 2. The molecule has 0 saturated carbocycles. The third kappa shape index (κ3) is 6.09. The van der Waals surface area contributed by atoms with Crippen LogP contribution < -0.4 is 20.1 Å². The lowest BCUT2D eigenvalue weighted by atomic mass is 9.98. The molecule has 3 aromatic carbocycles. The standard InChI is InChI=1S/C25H26N2O4/c1-17(28)26-21-6-4-5-20(16-21)25(29)27-24(19-9-13-23(31-3)14-10-19)15-18-7-11-22(30-2)12-8-18/h4-14,16,24H,15H2,1-3H3,(H,26,28)(H,27,29)/t24-/m0/s1. The van der Waals surface area contributed by atoms with Gasteiger partial charge in [-0.05, 0) is 60.0 Å². The lowest BCUT2D eigenvalue weighted by molar-refractivity contribution is -0.114. The number of hydrogen-bond donors (Lipinski definition) is 2. The van der Waals surface area contributed by atoms with E-state index in [2.05, 4.69) is 10.6 Å². The van der Waals surface area contributed by atoms with E-state index in [0.29, 0.717) is 17.7 Å². The number of ether oxygens (including phenoxy) is 2. The van der Waals surface area contributed by atoms with Crippen molar-refractivity contribution in [2.75, 3.05) is 19.5 Å². The number of hydrogen-bond acceptors (Lipinski definition) is 4. The molecule has 0 spiro atoms. The van der Waals surface area contributed by atoms with E-state index in [1.54, 1.807) is 38.5 Å². The van der Waals surface area contributed by atoms with Gasteiger partial charge >= 0.3 is 0 Å². The molecule has 0 fully saturated rings. The van der Waals surface area contributed by atoms with Crippen LogP contribution in [0.15, 0.2) is 72.8 Å². The fourth-order valence-corrected chi connectivity index (χ4v) is 3.27. The molecule has 0 saturated heterocycles.